The zero-order valence-electron chi connectivity index (χ0n) is 16.1. The lowest BCUT2D eigenvalue weighted by Crippen LogP contribution is -2.30. The SMILES string of the molecule is O=S(=O)(c1ccc(-c2ccccc2)cc1)N(Cc1ccc(F)cc1)Cc1ccco1. The van der Waals surface area contributed by atoms with E-state index in [1.807, 2.05) is 30.3 Å². The molecular weight excluding hydrogens is 401 g/mol. The van der Waals surface area contributed by atoms with Crippen molar-refractivity contribution in [3.63, 3.8) is 0 Å². The molecule has 0 amide bonds. The summed E-state index contributed by atoms with van der Waals surface area (Å²) in [5, 5.41) is 0. The monoisotopic (exact) mass is 421 g/mol. The Bertz CT molecular complexity index is 1190. The molecule has 1 heterocycles. The Labute approximate surface area is 175 Å². The van der Waals surface area contributed by atoms with E-state index in [-0.39, 0.29) is 23.8 Å². The number of rotatable bonds is 7. The average Bonchev–Trinajstić information content (AvgIpc) is 3.29. The van der Waals surface area contributed by atoms with Crippen molar-refractivity contribution in [1.29, 1.82) is 0 Å². The summed E-state index contributed by atoms with van der Waals surface area (Å²) in [6, 6.07) is 25.8. The van der Waals surface area contributed by atoms with Crippen molar-refractivity contribution in [2.75, 3.05) is 0 Å². The summed E-state index contributed by atoms with van der Waals surface area (Å²) in [6.07, 6.45) is 1.51. The van der Waals surface area contributed by atoms with Gasteiger partial charge in [0, 0.05) is 6.54 Å². The van der Waals surface area contributed by atoms with E-state index in [4.69, 9.17) is 4.42 Å². The average molecular weight is 421 g/mol. The van der Waals surface area contributed by atoms with Crippen LogP contribution in [-0.4, -0.2) is 12.7 Å². The van der Waals surface area contributed by atoms with Crippen molar-refractivity contribution in [3.8, 4) is 11.1 Å². The Morgan fingerprint density at radius 1 is 0.733 bits per heavy atom. The van der Waals surface area contributed by atoms with Crippen LogP contribution in [0.25, 0.3) is 11.1 Å². The lowest BCUT2D eigenvalue weighted by atomic mass is 10.1. The predicted molar refractivity (Wildman–Crippen MR) is 113 cm³/mol. The van der Waals surface area contributed by atoms with E-state index >= 15 is 0 Å². The molecular formula is C24H20FNO3S. The summed E-state index contributed by atoms with van der Waals surface area (Å²) in [6.45, 7) is 0.177. The number of benzene rings is 3. The zero-order valence-corrected chi connectivity index (χ0v) is 16.9. The lowest BCUT2D eigenvalue weighted by molar-refractivity contribution is 0.358. The van der Waals surface area contributed by atoms with E-state index in [1.54, 1.807) is 48.5 Å². The first-order chi connectivity index (χ1) is 14.5. The van der Waals surface area contributed by atoms with Crippen LogP contribution in [0, 0.1) is 5.82 Å². The third-order valence-corrected chi connectivity index (χ3v) is 6.59. The topological polar surface area (TPSA) is 50.5 Å². The van der Waals surface area contributed by atoms with E-state index in [2.05, 4.69) is 0 Å². The molecule has 0 aliphatic carbocycles. The van der Waals surface area contributed by atoms with Crippen LogP contribution in [0.1, 0.15) is 11.3 Å². The van der Waals surface area contributed by atoms with Gasteiger partial charge in [-0.1, -0.05) is 54.6 Å². The fourth-order valence-corrected chi connectivity index (χ4v) is 4.59. The molecule has 0 radical (unpaired) electrons. The van der Waals surface area contributed by atoms with Crippen LogP contribution >= 0.6 is 0 Å². The van der Waals surface area contributed by atoms with Crippen LogP contribution in [0.4, 0.5) is 4.39 Å². The molecule has 0 unspecified atom stereocenters. The van der Waals surface area contributed by atoms with Gasteiger partial charge in [-0.25, -0.2) is 12.8 Å². The molecule has 3 aromatic carbocycles. The highest BCUT2D eigenvalue weighted by atomic mass is 32.2. The second-order valence-corrected chi connectivity index (χ2v) is 8.81. The van der Waals surface area contributed by atoms with Gasteiger partial charge in [-0.2, -0.15) is 4.31 Å². The minimum absolute atomic E-state index is 0.0765. The van der Waals surface area contributed by atoms with Gasteiger partial charge in [-0.15, -0.1) is 0 Å². The lowest BCUT2D eigenvalue weighted by Gasteiger charge is -2.21. The van der Waals surface area contributed by atoms with Crippen LogP contribution in [-0.2, 0) is 23.1 Å². The Morgan fingerprint density at radius 3 is 2.03 bits per heavy atom. The molecule has 4 rings (SSSR count). The molecule has 0 fully saturated rings. The number of hydrogen-bond acceptors (Lipinski definition) is 3. The maximum atomic E-state index is 13.4. The summed E-state index contributed by atoms with van der Waals surface area (Å²) in [4.78, 5) is 0.191. The highest BCUT2D eigenvalue weighted by Crippen LogP contribution is 2.25. The summed E-state index contributed by atoms with van der Waals surface area (Å²) >= 11 is 0. The standard InChI is InChI=1S/C24H20FNO3S/c25-22-12-8-19(9-13-22)17-26(18-23-7-4-16-29-23)30(27,28)24-14-10-21(11-15-24)20-5-2-1-3-6-20/h1-16H,17-18H2. The van der Waals surface area contributed by atoms with E-state index in [0.717, 1.165) is 11.1 Å². The van der Waals surface area contributed by atoms with E-state index < -0.39 is 10.0 Å². The normalized spacial score (nSPS) is 11.7. The molecule has 0 atom stereocenters. The minimum Gasteiger partial charge on any atom is -0.468 e. The molecule has 0 bridgehead atoms. The van der Waals surface area contributed by atoms with Gasteiger partial charge >= 0.3 is 0 Å². The van der Waals surface area contributed by atoms with Gasteiger partial charge in [0.25, 0.3) is 0 Å². The summed E-state index contributed by atoms with van der Waals surface area (Å²) in [5.41, 5.74) is 2.64. The first-order valence-corrected chi connectivity index (χ1v) is 10.9. The second-order valence-electron chi connectivity index (χ2n) is 6.87. The third-order valence-electron chi connectivity index (χ3n) is 4.78. The maximum absolute atomic E-state index is 13.4. The molecule has 0 aliphatic heterocycles. The van der Waals surface area contributed by atoms with Crippen molar-refractivity contribution >= 4 is 10.0 Å². The van der Waals surface area contributed by atoms with Gasteiger partial charge in [0.1, 0.15) is 11.6 Å². The predicted octanol–water partition coefficient (Wildman–Crippen LogP) is 5.48. The second kappa shape index (κ2) is 8.65. The molecule has 0 N–H and O–H groups in total. The summed E-state index contributed by atoms with van der Waals surface area (Å²) in [5.74, 6) is 0.164. The molecule has 0 spiro atoms. The first kappa shape index (κ1) is 20.1. The highest BCUT2D eigenvalue weighted by Gasteiger charge is 2.26. The van der Waals surface area contributed by atoms with Crippen molar-refractivity contribution < 1.29 is 17.2 Å². The van der Waals surface area contributed by atoms with Gasteiger partial charge in [-0.3, -0.25) is 0 Å². The van der Waals surface area contributed by atoms with E-state index in [9.17, 15) is 12.8 Å². The molecule has 0 saturated carbocycles. The fourth-order valence-electron chi connectivity index (χ4n) is 3.19. The Hall–Kier alpha value is -3.22. The van der Waals surface area contributed by atoms with Crippen molar-refractivity contribution in [2.45, 2.75) is 18.0 Å². The number of halogens is 1. The Morgan fingerprint density at radius 2 is 1.40 bits per heavy atom. The Kier molecular flexibility index (Phi) is 5.79. The molecule has 152 valence electrons. The van der Waals surface area contributed by atoms with Gasteiger partial charge in [0.05, 0.1) is 17.7 Å². The van der Waals surface area contributed by atoms with E-state index in [1.165, 1.54) is 22.7 Å². The fraction of sp³-hybridized carbons (Fsp3) is 0.0833. The quantitative estimate of drug-likeness (QED) is 0.397. The largest absolute Gasteiger partial charge is 0.468 e. The van der Waals surface area contributed by atoms with Crippen LogP contribution in [0.2, 0.25) is 0 Å². The van der Waals surface area contributed by atoms with Gasteiger partial charge in [0.2, 0.25) is 10.0 Å². The van der Waals surface area contributed by atoms with E-state index in [0.29, 0.717) is 11.3 Å². The van der Waals surface area contributed by atoms with Gasteiger partial charge < -0.3 is 4.42 Å². The zero-order chi connectivity index (χ0) is 21.0. The summed E-state index contributed by atoms with van der Waals surface area (Å²) < 4.78 is 46.7. The smallest absolute Gasteiger partial charge is 0.243 e. The molecule has 0 saturated heterocycles. The third kappa shape index (κ3) is 4.50. The molecule has 6 heteroatoms. The minimum atomic E-state index is -3.80. The Balaban J connectivity index is 1.64. The van der Waals surface area contributed by atoms with Crippen molar-refractivity contribution in [1.82, 2.24) is 4.31 Å². The van der Waals surface area contributed by atoms with Crippen molar-refractivity contribution in [3.05, 3.63) is 114 Å². The van der Waals surface area contributed by atoms with Crippen LogP contribution < -0.4 is 0 Å². The maximum Gasteiger partial charge on any atom is 0.243 e. The number of nitrogens with zero attached hydrogens (tertiary/aromatic N) is 1. The van der Waals surface area contributed by atoms with Gasteiger partial charge in [0.15, 0.2) is 0 Å². The van der Waals surface area contributed by atoms with Gasteiger partial charge in [-0.05, 0) is 53.1 Å². The van der Waals surface area contributed by atoms with Crippen LogP contribution in [0.5, 0.6) is 0 Å². The number of hydrogen-bond donors (Lipinski definition) is 0. The highest BCUT2D eigenvalue weighted by molar-refractivity contribution is 7.89. The molecule has 1 aromatic heterocycles. The molecule has 4 nitrogen and oxygen atoms in total. The summed E-state index contributed by atoms with van der Waals surface area (Å²) in [7, 11) is -3.80. The molecule has 30 heavy (non-hydrogen) atoms. The van der Waals surface area contributed by atoms with Crippen LogP contribution in [0.15, 0.2) is 107 Å². The van der Waals surface area contributed by atoms with Crippen LogP contribution in [0.3, 0.4) is 0 Å². The number of furan rings is 1. The number of sulfonamides is 1. The molecule has 4 aromatic rings. The molecule has 0 aliphatic rings. The van der Waals surface area contributed by atoms with Crippen molar-refractivity contribution in [2.24, 2.45) is 0 Å². The first-order valence-electron chi connectivity index (χ1n) is 9.45.